The number of nitrogens with two attached hydrogens (primary N) is 1. The summed E-state index contributed by atoms with van der Waals surface area (Å²) in [6, 6.07) is 8.79. The average molecular weight is 456 g/mol. The summed E-state index contributed by atoms with van der Waals surface area (Å²) in [4.78, 5) is 36.8. The zero-order valence-electron chi connectivity index (χ0n) is 15.9. The number of halogens is 4. The molecule has 0 aliphatic carbocycles. The molecule has 3 amide bonds. The van der Waals surface area contributed by atoms with E-state index in [9.17, 15) is 27.6 Å². The van der Waals surface area contributed by atoms with Gasteiger partial charge in [0, 0.05) is 18.7 Å². The number of ether oxygens (including phenoxy) is 1. The molecule has 164 valence electrons. The zero-order valence-corrected chi connectivity index (χ0v) is 16.7. The first-order valence-electron chi connectivity index (χ1n) is 9.03. The summed E-state index contributed by atoms with van der Waals surface area (Å²) in [6.45, 7) is -0.285. The van der Waals surface area contributed by atoms with Crippen LogP contribution >= 0.6 is 11.6 Å². The van der Waals surface area contributed by atoms with Gasteiger partial charge in [0.25, 0.3) is 5.91 Å². The topological polar surface area (TPSA) is 102 Å². The molecule has 1 atom stereocenters. The van der Waals surface area contributed by atoms with Crippen LogP contribution in [-0.4, -0.2) is 30.9 Å². The molecule has 1 aliphatic rings. The van der Waals surface area contributed by atoms with Gasteiger partial charge in [0.2, 0.25) is 11.8 Å². The van der Waals surface area contributed by atoms with Gasteiger partial charge in [0.15, 0.2) is 6.61 Å². The summed E-state index contributed by atoms with van der Waals surface area (Å²) in [5.41, 5.74) is 4.66. The van der Waals surface area contributed by atoms with Crippen LogP contribution in [-0.2, 0) is 20.6 Å². The first kappa shape index (κ1) is 22.4. The van der Waals surface area contributed by atoms with Crippen molar-refractivity contribution in [2.45, 2.75) is 12.6 Å². The van der Waals surface area contributed by atoms with E-state index in [1.807, 2.05) is 0 Å². The molecular formula is C20H17ClF3N3O4. The predicted octanol–water partition coefficient (Wildman–Crippen LogP) is 3.21. The Morgan fingerprint density at radius 1 is 1.19 bits per heavy atom. The highest BCUT2D eigenvalue weighted by atomic mass is 35.5. The summed E-state index contributed by atoms with van der Waals surface area (Å²) in [5, 5.41) is 2.23. The summed E-state index contributed by atoms with van der Waals surface area (Å²) in [7, 11) is 0. The van der Waals surface area contributed by atoms with Crippen LogP contribution in [0.2, 0.25) is 5.02 Å². The highest BCUT2D eigenvalue weighted by Crippen LogP contribution is 2.34. The minimum atomic E-state index is -4.57. The maximum absolute atomic E-state index is 12.8. The summed E-state index contributed by atoms with van der Waals surface area (Å²) in [5.74, 6) is -1.72. The fraction of sp³-hybridized carbons (Fsp3) is 0.250. The third-order valence-electron chi connectivity index (χ3n) is 4.61. The first-order valence-corrected chi connectivity index (χ1v) is 9.41. The average Bonchev–Trinajstić information content (AvgIpc) is 3.09. The van der Waals surface area contributed by atoms with Gasteiger partial charge in [-0.25, -0.2) is 0 Å². The minimum Gasteiger partial charge on any atom is -0.484 e. The molecule has 1 saturated heterocycles. The Bertz CT molecular complexity index is 1010. The van der Waals surface area contributed by atoms with Crippen molar-refractivity contribution in [3.63, 3.8) is 0 Å². The van der Waals surface area contributed by atoms with Crippen molar-refractivity contribution in [2.75, 3.05) is 23.4 Å². The van der Waals surface area contributed by atoms with Crippen molar-refractivity contribution in [3.8, 4) is 5.75 Å². The number of nitrogens with zero attached hydrogens (tertiary/aromatic N) is 1. The lowest BCUT2D eigenvalue weighted by Crippen LogP contribution is -2.28. The Morgan fingerprint density at radius 2 is 1.87 bits per heavy atom. The minimum absolute atomic E-state index is 0.0461. The number of rotatable bonds is 6. The van der Waals surface area contributed by atoms with E-state index in [2.05, 4.69) is 5.32 Å². The lowest BCUT2D eigenvalue weighted by atomic mass is 10.1. The molecule has 2 aromatic carbocycles. The van der Waals surface area contributed by atoms with Crippen molar-refractivity contribution in [1.29, 1.82) is 0 Å². The Balaban J connectivity index is 1.58. The Labute approximate surface area is 179 Å². The van der Waals surface area contributed by atoms with Crippen LogP contribution in [0.1, 0.15) is 12.0 Å². The largest absolute Gasteiger partial charge is 0.484 e. The van der Waals surface area contributed by atoms with E-state index in [0.29, 0.717) is 11.4 Å². The van der Waals surface area contributed by atoms with Crippen LogP contribution in [0.25, 0.3) is 0 Å². The molecule has 3 rings (SSSR count). The molecule has 1 heterocycles. The van der Waals surface area contributed by atoms with Crippen LogP contribution in [0, 0.1) is 5.92 Å². The van der Waals surface area contributed by atoms with Gasteiger partial charge in [-0.05, 0) is 42.5 Å². The third-order valence-corrected chi connectivity index (χ3v) is 4.94. The summed E-state index contributed by atoms with van der Waals surface area (Å²) < 4.78 is 43.8. The molecule has 3 N–H and O–H groups in total. The lowest BCUT2D eigenvalue weighted by Gasteiger charge is -2.17. The Kier molecular flexibility index (Phi) is 6.40. The van der Waals surface area contributed by atoms with Gasteiger partial charge < -0.3 is 20.7 Å². The predicted molar refractivity (Wildman–Crippen MR) is 107 cm³/mol. The monoisotopic (exact) mass is 455 g/mol. The van der Waals surface area contributed by atoms with Crippen LogP contribution < -0.4 is 20.7 Å². The van der Waals surface area contributed by atoms with Gasteiger partial charge in [0.1, 0.15) is 5.75 Å². The number of carbonyl (C=O) groups is 3. The van der Waals surface area contributed by atoms with Gasteiger partial charge >= 0.3 is 6.18 Å². The van der Waals surface area contributed by atoms with Crippen molar-refractivity contribution >= 4 is 40.7 Å². The Hall–Kier alpha value is -3.27. The number of hydrogen-bond donors (Lipinski definition) is 2. The number of anilines is 2. The van der Waals surface area contributed by atoms with E-state index >= 15 is 0 Å². The standard InChI is InChI=1S/C20H17ClF3N3O4/c21-15-6-1-12(20(22,23)24)8-16(15)26-17(28)10-31-14-4-2-13(3-5-14)27-9-11(19(25)30)7-18(27)29/h1-6,8,11H,7,9-10H2,(H2,25,30)(H,26,28)/t11-/m1/s1. The van der Waals surface area contributed by atoms with Gasteiger partial charge in [-0.1, -0.05) is 11.6 Å². The van der Waals surface area contributed by atoms with Crippen LogP contribution in [0.3, 0.4) is 0 Å². The van der Waals surface area contributed by atoms with Crippen molar-refractivity contribution in [2.24, 2.45) is 11.7 Å². The maximum Gasteiger partial charge on any atom is 0.416 e. The molecule has 1 fully saturated rings. The van der Waals surface area contributed by atoms with Crippen molar-refractivity contribution < 1.29 is 32.3 Å². The second kappa shape index (κ2) is 8.84. The highest BCUT2D eigenvalue weighted by Gasteiger charge is 2.34. The maximum atomic E-state index is 12.8. The van der Waals surface area contributed by atoms with E-state index in [1.165, 1.54) is 17.0 Å². The number of benzene rings is 2. The molecule has 31 heavy (non-hydrogen) atoms. The number of alkyl halides is 3. The van der Waals surface area contributed by atoms with E-state index in [4.69, 9.17) is 22.1 Å². The summed E-state index contributed by atoms with van der Waals surface area (Å²) >= 11 is 5.84. The molecule has 0 spiro atoms. The number of nitrogens with one attached hydrogen (secondary N) is 1. The van der Waals surface area contributed by atoms with E-state index in [0.717, 1.165) is 18.2 Å². The summed E-state index contributed by atoms with van der Waals surface area (Å²) in [6.07, 6.45) is -4.53. The number of hydrogen-bond acceptors (Lipinski definition) is 4. The second-order valence-electron chi connectivity index (χ2n) is 6.83. The van der Waals surface area contributed by atoms with Gasteiger partial charge in [-0.3, -0.25) is 14.4 Å². The van der Waals surface area contributed by atoms with Gasteiger partial charge in [-0.15, -0.1) is 0 Å². The molecule has 0 aromatic heterocycles. The molecule has 0 bridgehead atoms. The molecule has 7 nitrogen and oxygen atoms in total. The normalized spacial score (nSPS) is 16.3. The van der Waals surface area contributed by atoms with Crippen LogP contribution in [0.15, 0.2) is 42.5 Å². The van der Waals surface area contributed by atoms with E-state index < -0.39 is 36.1 Å². The Morgan fingerprint density at radius 3 is 2.45 bits per heavy atom. The molecule has 1 aliphatic heterocycles. The van der Waals surface area contributed by atoms with Gasteiger partial charge in [-0.2, -0.15) is 13.2 Å². The molecular weight excluding hydrogens is 439 g/mol. The molecule has 11 heteroatoms. The lowest BCUT2D eigenvalue weighted by molar-refractivity contribution is -0.137. The highest BCUT2D eigenvalue weighted by molar-refractivity contribution is 6.33. The number of amides is 3. The number of carbonyl (C=O) groups excluding carboxylic acids is 3. The SMILES string of the molecule is NC(=O)[C@@H]1CC(=O)N(c2ccc(OCC(=O)Nc3cc(C(F)(F)F)ccc3Cl)cc2)C1. The van der Waals surface area contributed by atoms with Crippen molar-refractivity contribution in [1.82, 2.24) is 0 Å². The van der Waals surface area contributed by atoms with Crippen molar-refractivity contribution in [3.05, 3.63) is 53.1 Å². The second-order valence-corrected chi connectivity index (χ2v) is 7.24. The van der Waals surface area contributed by atoms with E-state index in [-0.39, 0.29) is 29.6 Å². The quantitative estimate of drug-likeness (QED) is 0.698. The van der Waals surface area contributed by atoms with E-state index in [1.54, 1.807) is 12.1 Å². The molecule has 0 saturated carbocycles. The molecule has 0 unspecified atom stereocenters. The van der Waals surface area contributed by atoms with Crippen LogP contribution in [0.4, 0.5) is 24.5 Å². The zero-order chi connectivity index (χ0) is 22.8. The van der Waals surface area contributed by atoms with Crippen LogP contribution in [0.5, 0.6) is 5.75 Å². The van der Waals surface area contributed by atoms with Gasteiger partial charge in [0.05, 0.1) is 22.2 Å². The molecule has 2 aromatic rings. The first-order chi connectivity index (χ1) is 14.5. The fourth-order valence-corrected chi connectivity index (χ4v) is 3.17. The third kappa shape index (κ3) is 5.46. The molecule has 0 radical (unpaired) electrons. The number of primary amides is 1. The smallest absolute Gasteiger partial charge is 0.416 e. The fourth-order valence-electron chi connectivity index (χ4n) is 3.00.